The van der Waals surface area contributed by atoms with E-state index in [2.05, 4.69) is 27.5 Å². The maximum Gasteiger partial charge on any atom is 0.326 e. The molecular weight excluding hydrogens is 420 g/mol. The molecule has 0 aliphatic rings. The number of carbonyl (C=O) groups is 3. The Labute approximate surface area is 198 Å². The largest absolute Gasteiger partial charge is 0.480 e. The average molecular weight is 465 g/mol. The van der Waals surface area contributed by atoms with Gasteiger partial charge in [0.15, 0.2) is 0 Å². The number of aliphatic carboxylic acids is 1. The molecule has 2 atom stereocenters. The summed E-state index contributed by atoms with van der Waals surface area (Å²) in [7, 11) is 0. The minimum atomic E-state index is -1.14. The lowest BCUT2D eigenvalue weighted by molar-refractivity contribution is -0.142. The fraction of sp³-hybridized carbons (Fsp3) is 0.760. The lowest BCUT2D eigenvalue weighted by Crippen LogP contribution is -2.51. The van der Waals surface area contributed by atoms with Gasteiger partial charge in [0, 0.05) is 19.0 Å². The van der Waals surface area contributed by atoms with E-state index in [0.29, 0.717) is 12.1 Å². The fourth-order valence-corrected chi connectivity index (χ4v) is 3.79. The Morgan fingerprint density at radius 1 is 0.909 bits per heavy atom. The first-order valence-corrected chi connectivity index (χ1v) is 12.7. The molecule has 0 radical (unpaired) electrons. The van der Waals surface area contributed by atoms with Gasteiger partial charge in [0.25, 0.3) is 0 Å². The molecule has 0 aliphatic heterocycles. The smallest absolute Gasteiger partial charge is 0.326 e. The van der Waals surface area contributed by atoms with Crippen molar-refractivity contribution < 1.29 is 19.5 Å². The summed E-state index contributed by atoms with van der Waals surface area (Å²) in [5.41, 5.74) is 0.543. The molecule has 1 aromatic heterocycles. The molecule has 0 aromatic carbocycles. The van der Waals surface area contributed by atoms with Gasteiger partial charge < -0.3 is 20.7 Å². The zero-order valence-electron chi connectivity index (χ0n) is 20.5. The molecule has 2 amide bonds. The van der Waals surface area contributed by atoms with Crippen molar-refractivity contribution in [1.29, 1.82) is 0 Å². The average Bonchev–Trinajstić information content (AvgIpc) is 3.29. The number of aromatic nitrogens is 2. The molecule has 0 spiro atoms. The first-order chi connectivity index (χ1) is 15.9. The number of H-pyrrole nitrogens is 1. The lowest BCUT2D eigenvalue weighted by atomic mass is 10.0. The second-order valence-corrected chi connectivity index (χ2v) is 8.95. The summed E-state index contributed by atoms with van der Waals surface area (Å²) in [6.45, 7) is 3.81. The van der Waals surface area contributed by atoms with E-state index >= 15 is 0 Å². The van der Waals surface area contributed by atoms with Crippen LogP contribution in [-0.2, 0) is 20.8 Å². The molecule has 4 N–H and O–H groups in total. The van der Waals surface area contributed by atoms with Gasteiger partial charge in [-0.05, 0) is 13.3 Å². The third-order valence-corrected chi connectivity index (χ3v) is 5.86. The standard InChI is InChI=1S/C25H44N4O4/c1-3-4-5-6-7-8-9-10-11-12-13-14-15-16-23(30)28-20(2)24(31)29-22(25(32)33)17-21-18-26-19-27-21/h18-20,22H,3-17H2,1-2H3,(H,26,27)(H,28,30)(H,29,31)(H,32,33)/t20?,22-/m0/s1. The van der Waals surface area contributed by atoms with Crippen molar-refractivity contribution in [2.24, 2.45) is 0 Å². The van der Waals surface area contributed by atoms with Crippen LogP contribution in [0.5, 0.6) is 0 Å². The molecule has 1 rings (SSSR count). The van der Waals surface area contributed by atoms with Crippen LogP contribution in [0.15, 0.2) is 12.5 Å². The molecule has 33 heavy (non-hydrogen) atoms. The van der Waals surface area contributed by atoms with Crippen molar-refractivity contribution >= 4 is 17.8 Å². The number of unbranched alkanes of at least 4 members (excludes halogenated alkanes) is 12. The van der Waals surface area contributed by atoms with Crippen LogP contribution in [0.4, 0.5) is 0 Å². The maximum absolute atomic E-state index is 12.3. The van der Waals surface area contributed by atoms with Gasteiger partial charge in [-0.15, -0.1) is 0 Å². The zero-order chi connectivity index (χ0) is 24.3. The number of rotatable bonds is 20. The summed E-state index contributed by atoms with van der Waals surface area (Å²) in [6, 6.07) is -1.89. The van der Waals surface area contributed by atoms with Crippen LogP contribution >= 0.6 is 0 Å². The van der Waals surface area contributed by atoms with Crippen molar-refractivity contribution in [2.45, 2.75) is 122 Å². The number of carboxylic acids is 1. The Balaban J connectivity index is 2.07. The van der Waals surface area contributed by atoms with Crippen LogP contribution in [0.3, 0.4) is 0 Å². The van der Waals surface area contributed by atoms with E-state index in [0.717, 1.165) is 19.3 Å². The van der Waals surface area contributed by atoms with Gasteiger partial charge >= 0.3 is 5.97 Å². The van der Waals surface area contributed by atoms with E-state index in [1.54, 1.807) is 13.1 Å². The number of imidazole rings is 1. The summed E-state index contributed by atoms with van der Waals surface area (Å²) >= 11 is 0. The van der Waals surface area contributed by atoms with Crippen molar-refractivity contribution in [2.75, 3.05) is 0 Å². The van der Waals surface area contributed by atoms with Gasteiger partial charge in [-0.3, -0.25) is 9.59 Å². The monoisotopic (exact) mass is 464 g/mol. The summed E-state index contributed by atoms with van der Waals surface area (Å²) in [5, 5.41) is 14.5. The molecule has 1 heterocycles. The number of hydrogen-bond acceptors (Lipinski definition) is 4. The van der Waals surface area contributed by atoms with Crippen molar-refractivity contribution in [3.05, 3.63) is 18.2 Å². The molecular formula is C25H44N4O4. The predicted molar refractivity (Wildman–Crippen MR) is 130 cm³/mol. The normalized spacial score (nSPS) is 12.8. The molecule has 0 bridgehead atoms. The summed E-state index contributed by atoms with van der Waals surface area (Å²) in [5.74, 6) is -1.84. The Hall–Kier alpha value is -2.38. The molecule has 8 heteroatoms. The number of nitrogens with one attached hydrogen (secondary N) is 3. The number of nitrogens with zero attached hydrogens (tertiary/aromatic N) is 1. The van der Waals surface area contributed by atoms with Crippen molar-refractivity contribution in [1.82, 2.24) is 20.6 Å². The Morgan fingerprint density at radius 2 is 1.45 bits per heavy atom. The lowest BCUT2D eigenvalue weighted by Gasteiger charge is -2.18. The van der Waals surface area contributed by atoms with E-state index in [9.17, 15) is 19.5 Å². The van der Waals surface area contributed by atoms with E-state index in [1.165, 1.54) is 70.5 Å². The molecule has 8 nitrogen and oxygen atoms in total. The van der Waals surface area contributed by atoms with Crippen LogP contribution < -0.4 is 10.6 Å². The molecule has 0 fully saturated rings. The zero-order valence-corrected chi connectivity index (χ0v) is 20.5. The second kappa shape index (κ2) is 18.1. The highest BCUT2D eigenvalue weighted by Gasteiger charge is 2.24. The highest BCUT2D eigenvalue weighted by molar-refractivity contribution is 5.90. The van der Waals surface area contributed by atoms with Gasteiger partial charge in [0.1, 0.15) is 12.1 Å². The van der Waals surface area contributed by atoms with E-state index in [1.807, 2.05) is 0 Å². The van der Waals surface area contributed by atoms with Crippen LogP contribution in [0, 0.1) is 0 Å². The number of carboxylic acid groups (broad SMARTS) is 1. The van der Waals surface area contributed by atoms with Crippen molar-refractivity contribution in [3.63, 3.8) is 0 Å². The molecule has 188 valence electrons. The SMILES string of the molecule is CCCCCCCCCCCCCCCC(=O)NC(C)C(=O)N[C@@H](Cc1c[nH]cn1)C(=O)O. The van der Waals surface area contributed by atoms with Gasteiger partial charge in [-0.1, -0.05) is 84.0 Å². The minimum absolute atomic E-state index is 0.0736. The quantitative estimate of drug-likeness (QED) is 0.211. The summed E-state index contributed by atoms with van der Waals surface area (Å²) in [6.07, 6.45) is 19.7. The second-order valence-electron chi connectivity index (χ2n) is 8.95. The summed E-state index contributed by atoms with van der Waals surface area (Å²) < 4.78 is 0. The van der Waals surface area contributed by atoms with E-state index in [4.69, 9.17) is 0 Å². The van der Waals surface area contributed by atoms with Gasteiger partial charge in [-0.2, -0.15) is 0 Å². The van der Waals surface area contributed by atoms with E-state index in [-0.39, 0.29) is 12.3 Å². The topological polar surface area (TPSA) is 124 Å². The highest BCUT2D eigenvalue weighted by atomic mass is 16.4. The number of hydrogen-bond donors (Lipinski definition) is 4. The van der Waals surface area contributed by atoms with Gasteiger partial charge in [0.2, 0.25) is 11.8 Å². The highest BCUT2D eigenvalue weighted by Crippen LogP contribution is 2.13. The maximum atomic E-state index is 12.3. The molecule has 0 saturated carbocycles. The molecule has 1 unspecified atom stereocenters. The van der Waals surface area contributed by atoms with E-state index < -0.39 is 24.0 Å². The van der Waals surface area contributed by atoms with Crippen molar-refractivity contribution in [3.8, 4) is 0 Å². The van der Waals surface area contributed by atoms with Crippen LogP contribution in [0.1, 0.15) is 109 Å². The number of aromatic amines is 1. The molecule has 1 aromatic rings. The Morgan fingerprint density at radius 3 is 1.94 bits per heavy atom. The van der Waals surface area contributed by atoms with Gasteiger partial charge in [-0.25, -0.2) is 9.78 Å². The van der Waals surface area contributed by atoms with Crippen LogP contribution in [0.25, 0.3) is 0 Å². The predicted octanol–water partition coefficient (Wildman–Crippen LogP) is 4.51. The summed E-state index contributed by atoms with van der Waals surface area (Å²) in [4.78, 5) is 42.6. The minimum Gasteiger partial charge on any atom is -0.480 e. The van der Waals surface area contributed by atoms with Crippen LogP contribution in [0.2, 0.25) is 0 Å². The number of amides is 2. The Bertz CT molecular complexity index is 663. The third-order valence-electron chi connectivity index (χ3n) is 5.86. The van der Waals surface area contributed by atoms with Gasteiger partial charge in [0.05, 0.1) is 12.0 Å². The number of carbonyl (C=O) groups excluding carboxylic acids is 2. The Kier molecular flexibility index (Phi) is 15.7. The molecule has 0 aliphatic carbocycles. The fourth-order valence-electron chi connectivity index (χ4n) is 3.79. The first-order valence-electron chi connectivity index (χ1n) is 12.7. The molecule has 0 saturated heterocycles. The van der Waals surface area contributed by atoms with Crippen LogP contribution in [-0.4, -0.2) is 44.9 Å². The third kappa shape index (κ3) is 14.4. The first kappa shape index (κ1) is 28.7.